The zero-order valence-corrected chi connectivity index (χ0v) is 26.5. The summed E-state index contributed by atoms with van der Waals surface area (Å²) in [5.41, 5.74) is 0. The summed E-state index contributed by atoms with van der Waals surface area (Å²) in [5.74, 6) is -2.37. The Labute approximate surface area is 269 Å². The van der Waals surface area contributed by atoms with Crippen LogP contribution in [0.1, 0.15) is 12.8 Å². The summed E-state index contributed by atoms with van der Waals surface area (Å²) in [6, 6.07) is 0. The van der Waals surface area contributed by atoms with Gasteiger partial charge in [-0.3, -0.25) is 9.59 Å². The zero-order valence-electron chi connectivity index (χ0n) is 26.5. The summed E-state index contributed by atoms with van der Waals surface area (Å²) in [6.45, 7) is 10.8. The second-order valence-corrected chi connectivity index (χ2v) is 8.98. The fraction of sp³-hybridized carbons (Fsp3) is 0.793. The standard InChI is InChI=1S/C29H49NO16/c1-2-28(33)45-24-23-43-20-19-41-16-15-39-12-11-37-8-7-35-5-6-36-9-10-38-13-14-40-17-18-42-21-22-44-25-29(34)46-30-26(31)3-4-27(30)32/h2H,1,3-25H2. The maximum atomic E-state index is 11.6. The van der Waals surface area contributed by atoms with Gasteiger partial charge in [0.1, 0.15) is 13.2 Å². The van der Waals surface area contributed by atoms with E-state index < -0.39 is 30.4 Å². The van der Waals surface area contributed by atoms with Gasteiger partial charge in [0.05, 0.1) is 126 Å². The molecule has 1 rings (SSSR count). The first-order valence-electron chi connectivity index (χ1n) is 15.2. The molecular formula is C29H49NO16. The number of hydrogen-bond donors (Lipinski definition) is 0. The number of hydrogen-bond acceptors (Lipinski definition) is 16. The van der Waals surface area contributed by atoms with Gasteiger partial charge in [-0.1, -0.05) is 6.58 Å². The maximum absolute atomic E-state index is 11.6. The zero-order chi connectivity index (χ0) is 33.3. The molecule has 17 heteroatoms. The highest BCUT2D eigenvalue weighted by atomic mass is 16.7. The lowest BCUT2D eigenvalue weighted by Gasteiger charge is -2.12. The van der Waals surface area contributed by atoms with Crippen LogP contribution in [0.4, 0.5) is 0 Å². The fourth-order valence-electron chi connectivity index (χ4n) is 3.18. The highest BCUT2D eigenvalue weighted by Gasteiger charge is 2.32. The van der Waals surface area contributed by atoms with Gasteiger partial charge in [0.15, 0.2) is 0 Å². The van der Waals surface area contributed by atoms with Crippen LogP contribution in [-0.4, -0.2) is 168 Å². The average molecular weight is 668 g/mol. The Kier molecular flexibility index (Phi) is 28.0. The molecule has 46 heavy (non-hydrogen) atoms. The third-order valence-corrected chi connectivity index (χ3v) is 5.41. The quantitative estimate of drug-likeness (QED) is 0.0370. The van der Waals surface area contributed by atoms with E-state index in [1.807, 2.05) is 0 Å². The van der Waals surface area contributed by atoms with Gasteiger partial charge in [0, 0.05) is 18.9 Å². The van der Waals surface area contributed by atoms with Gasteiger partial charge in [0.25, 0.3) is 11.8 Å². The van der Waals surface area contributed by atoms with E-state index in [0.29, 0.717) is 117 Å². The van der Waals surface area contributed by atoms with E-state index in [-0.39, 0.29) is 32.7 Å². The van der Waals surface area contributed by atoms with Crippen molar-refractivity contribution in [2.75, 3.05) is 139 Å². The lowest BCUT2D eigenvalue weighted by Crippen LogP contribution is -2.33. The molecule has 266 valence electrons. The molecule has 0 spiro atoms. The van der Waals surface area contributed by atoms with E-state index in [2.05, 4.69) is 11.4 Å². The number of carbonyl (C=O) groups is 4. The number of ether oxygens (including phenoxy) is 11. The summed E-state index contributed by atoms with van der Waals surface area (Å²) < 4.78 is 58.3. The van der Waals surface area contributed by atoms with Crippen LogP contribution in [0.25, 0.3) is 0 Å². The van der Waals surface area contributed by atoms with Crippen LogP contribution < -0.4 is 0 Å². The van der Waals surface area contributed by atoms with Crippen LogP contribution in [0.15, 0.2) is 12.7 Å². The molecule has 1 saturated heterocycles. The average Bonchev–Trinajstić information content (AvgIpc) is 3.37. The molecule has 0 aromatic carbocycles. The highest BCUT2D eigenvalue weighted by molar-refractivity contribution is 6.01. The van der Waals surface area contributed by atoms with Crippen molar-refractivity contribution in [3.05, 3.63) is 12.7 Å². The molecule has 0 bridgehead atoms. The molecule has 2 amide bonds. The Morgan fingerprint density at radius 1 is 0.500 bits per heavy atom. The Balaban J connectivity index is 1.66. The predicted octanol–water partition coefficient (Wildman–Crippen LogP) is -0.511. The van der Waals surface area contributed by atoms with Crippen molar-refractivity contribution in [3.63, 3.8) is 0 Å². The predicted molar refractivity (Wildman–Crippen MR) is 157 cm³/mol. The van der Waals surface area contributed by atoms with Crippen LogP contribution in [-0.2, 0) is 76.1 Å². The molecule has 0 aromatic rings. The van der Waals surface area contributed by atoms with E-state index in [1.54, 1.807) is 0 Å². The molecule has 0 saturated carbocycles. The minimum absolute atomic E-state index is 0.0388. The van der Waals surface area contributed by atoms with E-state index in [9.17, 15) is 19.2 Å². The van der Waals surface area contributed by atoms with Gasteiger partial charge in [-0.2, -0.15) is 0 Å². The molecule has 1 aliphatic rings. The van der Waals surface area contributed by atoms with Crippen LogP contribution in [0.2, 0.25) is 0 Å². The third kappa shape index (κ3) is 25.6. The smallest absolute Gasteiger partial charge is 0.358 e. The number of rotatable bonds is 34. The minimum atomic E-state index is -0.825. The van der Waals surface area contributed by atoms with Crippen molar-refractivity contribution in [2.24, 2.45) is 0 Å². The number of carbonyl (C=O) groups excluding carboxylic acids is 4. The van der Waals surface area contributed by atoms with Crippen molar-refractivity contribution in [1.29, 1.82) is 0 Å². The van der Waals surface area contributed by atoms with E-state index in [4.69, 9.17) is 52.1 Å². The normalized spacial score (nSPS) is 13.0. The fourth-order valence-corrected chi connectivity index (χ4v) is 3.18. The van der Waals surface area contributed by atoms with Gasteiger partial charge < -0.3 is 56.9 Å². The SMILES string of the molecule is C=CC(=O)OCCOCCOCCOCCOCCOCCOCCOCCOCCOCCOCC(=O)ON1C(=O)CCC1=O. The second kappa shape index (κ2) is 31.0. The molecule has 1 fully saturated rings. The first-order valence-corrected chi connectivity index (χ1v) is 15.2. The van der Waals surface area contributed by atoms with Crippen molar-refractivity contribution in [1.82, 2.24) is 5.06 Å². The number of imide groups is 1. The lowest BCUT2D eigenvalue weighted by atomic mass is 10.4. The van der Waals surface area contributed by atoms with E-state index in [0.717, 1.165) is 6.08 Å². The minimum Gasteiger partial charge on any atom is -0.460 e. The van der Waals surface area contributed by atoms with Crippen molar-refractivity contribution < 1.29 is 76.1 Å². The molecule has 0 radical (unpaired) electrons. The first-order chi connectivity index (χ1) is 22.5. The van der Waals surface area contributed by atoms with Gasteiger partial charge in [-0.25, -0.2) is 9.59 Å². The maximum Gasteiger partial charge on any atom is 0.358 e. The largest absolute Gasteiger partial charge is 0.460 e. The Morgan fingerprint density at radius 3 is 1.09 bits per heavy atom. The van der Waals surface area contributed by atoms with E-state index in [1.165, 1.54) is 0 Å². The van der Waals surface area contributed by atoms with Gasteiger partial charge >= 0.3 is 11.9 Å². The van der Waals surface area contributed by atoms with Crippen LogP contribution in [0.3, 0.4) is 0 Å². The summed E-state index contributed by atoms with van der Waals surface area (Å²) in [7, 11) is 0. The van der Waals surface area contributed by atoms with Crippen molar-refractivity contribution >= 4 is 23.8 Å². The number of nitrogens with zero attached hydrogens (tertiary/aromatic N) is 1. The third-order valence-electron chi connectivity index (χ3n) is 5.41. The van der Waals surface area contributed by atoms with Gasteiger partial charge in [0.2, 0.25) is 0 Å². The summed E-state index contributed by atoms with van der Waals surface area (Å²) >= 11 is 0. The molecule has 0 unspecified atom stereocenters. The summed E-state index contributed by atoms with van der Waals surface area (Å²) in [5, 5.41) is 0.477. The monoisotopic (exact) mass is 667 g/mol. The van der Waals surface area contributed by atoms with Gasteiger partial charge in [-0.05, 0) is 0 Å². The van der Waals surface area contributed by atoms with Crippen LogP contribution >= 0.6 is 0 Å². The number of hydroxylamine groups is 2. The molecule has 0 aromatic heterocycles. The van der Waals surface area contributed by atoms with Gasteiger partial charge in [-0.15, -0.1) is 5.06 Å². The highest BCUT2D eigenvalue weighted by Crippen LogP contribution is 2.11. The second-order valence-electron chi connectivity index (χ2n) is 8.98. The molecule has 0 atom stereocenters. The molecule has 1 heterocycles. The van der Waals surface area contributed by atoms with Crippen molar-refractivity contribution in [2.45, 2.75) is 12.8 Å². The van der Waals surface area contributed by atoms with Crippen LogP contribution in [0.5, 0.6) is 0 Å². The first kappa shape index (κ1) is 41.4. The molecule has 17 nitrogen and oxygen atoms in total. The Hall–Kier alpha value is -2.58. The Bertz CT molecular complexity index is 798. The molecule has 1 aliphatic heterocycles. The van der Waals surface area contributed by atoms with Crippen LogP contribution in [0, 0.1) is 0 Å². The summed E-state index contributed by atoms with van der Waals surface area (Å²) in [6.07, 6.45) is 1.18. The number of esters is 1. The summed E-state index contributed by atoms with van der Waals surface area (Å²) in [4.78, 5) is 49.8. The molecular weight excluding hydrogens is 618 g/mol. The number of amides is 2. The van der Waals surface area contributed by atoms with Crippen molar-refractivity contribution in [3.8, 4) is 0 Å². The molecule has 0 N–H and O–H groups in total. The van der Waals surface area contributed by atoms with E-state index >= 15 is 0 Å². The Morgan fingerprint density at radius 2 is 0.783 bits per heavy atom. The lowest BCUT2D eigenvalue weighted by molar-refractivity contribution is -0.200. The topological polar surface area (TPSA) is 182 Å². The molecule has 0 aliphatic carbocycles.